The zero-order valence-corrected chi connectivity index (χ0v) is 12.9. The van der Waals surface area contributed by atoms with Gasteiger partial charge in [-0.25, -0.2) is 0 Å². The Kier molecular flexibility index (Phi) is 8.13. The van der Waals surface area contributed by atoms with E-state index in [0.29, 0.717) is 6.54 Å². The van der Waals surface area contributed by atoms with Crippen molar-refractivity contribution in [2.24, 2.45) is 0 Å². The van der Waals surface area contributed by atoms with E-state index < -0.39 is 0 Å². The van der Waals surface area contributed by atoms with E-state index in [-0.39, 0.29) is 5.91 Å². The molecule has 0 radical (unpaired) electrons. The Bertz CT molecular complexity index is 374. The zero-order valence-electron chi connectivity index (χ0n) is 10.5. The van der Waals surface area contributed by atoms with Gasteiger partial charge in [0, 0.05) is 15.9 Å². The number of carbonyl (C=O) groups is 1. The third-order valence-corrected chi connectivity index (χ3v) is 4.44. The minimum atomic E-state index is 0.0657. The molecule has 0 bridgehead atoms. The second-order valence-corrected chi connectivity index (χ2v) is 5.86. The fourth-order valence-electron chi connectivity index (χ4n) is 1.42. The van der Waals surface area contributed by atoms with E-state index in [4.69, 9.17) is 0 Å². The van der Waals surface area contributed by atoms with Gasteiger partial charge in [-0.15, -0.1) is 11.8 Å². The molecule has 3 nitrogen and oxygen atoms in total. The van der Waals surface area contributed by atoms with Crippen molar-refractivity contribution in [1.82, 2.24) is 10.6 Å². The van der Waals surface area contributed by atoms with Crippen LogP contribution in [0.25, 0.3) is 0 Å². The van der Waals surface area contributed by atoms with Crippen molar-refractivity contribution in [3.63, 3.8) is 0 Å². The van der Waals surface area contributed by atoms with Crippen LogP contribution in [-0.4, -0.2) is 31.8 Å². The second kappa shape index (κ2) is 9.42. The number of hydrogen-bond acceptors (Lipinski definition) is 3. The first-order valence-electron chi connectivity index (χ1n) is 6.02. The van der Waals surface area contributed by atoms with E-state index in [1.807, 2.05) is 23.9 Å². The summed E-state index contributed by atoms with van der Waals surface area (Å²) < 4.78 is 1.15. The van der Waals surface area contributed by atoms with Gasteiger partial charge in [-0.1, -0.05) is 12.1 Å². The Morgan fingerprint density at radius 2 is 2.11 bits per heavy atom. The fourth-order valence-corrected chi connectivity index (χ4v) is 3.00. The first-order chi connectivity index (χ1) is 8.74. The molecule has 0 aromatic heterocycles. The van der Waals surface area contributed by atoms with Gasteiger partial charge in [0.05, 0.1) is 6.54 Å². The van der Waals surface area contributed by atoms with Gasteiger partial charge < -0.3 is 10.6 Å². The molecule has 1 aromatic carbocycles. The van der Waals surface area contributed by atoms with Crippen LogP contribution in [-0.2, 0) is 4.79 Å². The summed E-state index contributed by atoms with van der Waals surface area (Å²) in [6, 6.07) is 8.24. The molecule has 0 fully saturated rings. The SMILES string of the molecule is CNCC(=O)NCCCCSc1ccccc1Br. The topological polar surface area (TPSA) is 41.1 Å². The molecule has 0 aliphatic rings. The van der Waals surface area contributed by atoms with Crippen molar-refractivity contribution in [2.45, 2.75) is 17.7 Å². The van der Waals surface area contributed by atoms with Crippen LogP contribution < -0.4 is 10.6 Å². The van der Waals surface area contributed by atoms with Crippen LogP contribution in [0.5, 0.6) is 0 Å². The first kappa shape index (κ1) is 15.5. The van der Waals surface area contributed by atoms with Crippen LogP contribution in [0, 0.1) is 0 Å². The molecule has 100 valence electrons. The molecule has 0 heterocycles. The van der Waals surface area contributed by atoms with E-state index in [1.165, 1.54) is 4.90 Å². The predicted molar refractivity (Wildman–Crippen MR) is 81.0 cm³/mol. The molecule has 5 heteroatoms. The second-order valence-electron chi connectivity index (χ2n) is 3.87. The lowest BCUT2D eigenvalue weighted by atomic mass is 10.3. The minimum absolute atomic E-state index is 0.0657. The molecular weight excluding hydrogens is 312 g/mol. The molecule has 1 aromatic rings. The predicted octanol–water partition coefficient (Wildman–Crippen LogP) is 2.66. The third kappa shape index (κ3) is 6.42. The number of amides is 1. The van der Waals surface area contributed by atoms with Crippen LogP contribution >= 0.6 is 27.7 Å². The summed E-state index contributed by atoms with van der Waals surface area (Å²) in [5.74, 6) is 1.14. The van der Waals surface area contributed by atoms with Gasteiger partial charge >= 0.3 is 0 Å². The van der Waals surface area contributed by atoms with Crippen molar-refractivity contribution in [2.75, 3.05) is 25.9 Å². The van der Waals surface area contributed by atoms with E-state index in [0.717, 1.165) is 29.6 Å². The van der Waals surface area contributed by atoms with E-state index in [1.54, 1.807) is 7.05 Å². The smallest absolute Gasteiger partial charge is 0.233 e. The van der Waals surface area contributed by atoms with Gasteiger partial charge in [0.25, 0.3) is 0 Å². The van der Waals surface area contributed by atoms with Crippen LogP contribution in [0.15, 0.2) is 33.6 Å². The Labute approximate surface area is 121 Å². The summed E-state index contributed by atoms with van der Waals surface area (Å²) >= 11 is 5.37. The lowest BCUT2D eigenvalue weighted by molar-refractivity contribution is -0.120. The number of unbranched alkanes of at least 4 members (excludes halogenated alkanes) is 1. The first-order valence-corrected chi connectivity index (χ1v) is 7.80. The molecule has 2 N–H and O–H groups in total. The quantitative estimate of drug-likeness (QED) is 0.568. The van der Waals surface area contributed by atoms with Crippen LogP contribution in [0.4, 0.5) is 0 Å². The Morgan fingerprint density at radius 1 is 1.33 bits per heavy atom. The van der Waals surface area contributed by atoms with E-state index >= 15 is 0 Å². The Morgan fingerprint density at radius 3 is 2.83 bits per heavy atom. The van der Waals surface area contributed by atoms with Crippen LogP contribution in [0.1, 0.15) is 12.8 Å². The highest BCUT2D eigenvalue weighted by Gasteiger charge is 2.00. The average Bonchev–Trinajstić information content (AvgIpc) is 2.36. The molecule has 0 aliphatic heterocycles. The largest absolute Gasteiger partial charge is 0.355 e. The van der Waals surface area contributed by atoms with Gasteiger partial charge in [-0.05, 0) is 53.7 Å². The summed E-state index contributed by atoms with van der Waals surface area (Å²) in [6.07, 6.45) is 2.12. The number of halogens is 1. The van der Waals surface area contributed by atoms with Crippen LogP contribution in [0.3, 0.4) is 0 Å². The lowest BCUT2D eigenvalue weighted by Gasteiger charge is -2.05. The number of hydrogen-bond donors (Lipinski definition) is 2. The van der Waals surface area contributed by atoms with Crippen molar-refractivity contribution in [3.05, 3.63) is 28.7 Å². The van der Waals surface area contributed by atoms with E-state index in [9.17, 15) is 4.79 Å². The maximum Gasteiger partial charge on any atom is 0.233 e. The summed E-state index contributed by atoms with van der Waals surface area (Å²) in [4.78, 5) is 12.4. The molecule has 0 saturated carbocycles. The molecule has 0 aliphatic carbocycles. The summed E-state index contributed by atoms with van der Waals surface area (Å²) in [6.45, 7) is 1.16. The highest BCUT2D eigenvalue weighted by Crippen LogP contribution is 2.27. The molecule has 0 saturated heterocycles. The maximum atomic E-state index is 11.2. The molecule has 0 unspecified atom stereocenters. The highest BCUT2D eigenvalue weighted by atomic mass is 79.9. The number of nitrogens with one attached hydrogen (secondary N) is 2. The van der Waals surface area contributed by atoms with Crippen molar-refractivity contribution in [3.8, 4) is 0 Å². The van der Waals surface area contributed by atoms with Gasteiger partial charge in [0.2, 0.25) is 5.91 Å². The number of thioether (sulfide) groups is 1. The Balaban J connectivity index is 2.06. The van der Waals surface area contributed by atoms with E-state index in [2.05, 4.69) is 38.7 Å². The molecular formula is C13H19BrN2OS. The van der Waals surface area contributed by atoms with Gasteiger partial charge in [-0.3, -0.25) is 4.79 Å². The molecule has 18 heavy (non-hydrogen) atoms. The highest BCUT2D eigenvalue weighted by molar-refractivity contribution is 9.10. The van der Waals surface area contributed by atoms with Crippen molar-refractivity contribution >= 4 is 33.6 Å². The molecule has 1 rings (SSSR count). The number of carbonyl (C=O) groups excluding carboxylic acids is 1. The number of rotatable bonds is 8. The molecule has 1 amide bonds. The zero-order chi connectivity index (χ0) is 13.2. The summed E-state index contributed by atoms with van der Waals surface area (Å²) in [7, 11) is 1.77. The van der Waals surface area contributed by atoms with Crippen LogP contribution in [0.2, 0.25) is 0 Å². The third-order valence-electron chi connectivity index (χ3n) is 2.32. The van der Waals surface area contributed by atoms with Gasteiger partial charge in [0.1, 0.15) is 0 Å². The number of benzene rings is 1. The monoisotopic (exact) mass is 330 g/mol. The standard InChI is InChI=1S/C13H19BrN2OS/c1-15-10-13(17)16-8-4-5-9-18-12-7-3-2-6-11(12)14/h2-3,6-7,15H,4-5,8-10H2,1H3,(H,16,17). The van der Waals surface area contributed by atoms with Crippen molar-refractivity contribution in [1.29, 1.82) is 0 Å². The Hall–Kier alpha value is -0.520. The van der Waals surface area contributed by atoms with Gasteiger partial charge in [-0.2, -0.15) is 0 Å². The molecule has 0 spiro atoms. The average molecular weight is 331 g/mol. The summed E-state index contributed by atoms with van der Waals surface area (Å²) in [5, 5.41) is 5.70. The summed E-state index contributed by atoms with van der Waals surface area (Å²) in [5.41, 5.74) is 0. The van der Waals surface area contributed by atoms with Crippen molar-refractivity contribution < 1.29 is 4.79 Å². The van der Waals surface area contributed by atoms with Gasteiger partial charge in [0.15, 0.2) is 0 Å². The normalized spacial score (nSPS) is 10.3. The maximum absolute atomic E-state index is 11.2. The molecule has 0 atom stereocenters. The number of likely N-dealkylation sites (N-methyl/N-ethyl adjacent to an activating group) is 1. The lowest BCUT2D eigenvalue weighted by Crippen LogP contribution is -2.32. The minimum Gasteiger partial charge on any atom is -0.355 e. The fraction of sp³-hybridized carbons (Fsp3) is 0.462.